The van der Waals surface area contributed by atoms with Crippen molar-refractivity contribution < 1.29 is 9.52 Å². The molecule has 3 aromatic heterocycles. The average Bonchev–Trinajstić information content (AvgIpc) is 3.82. The Morgan fingerprint density at radius 2 is 1.34 bits per heavy atom. The number of pyridine rings is 1. The van der Waals surface area contributed by atoms with Gasteiger partial charge >= 0.3 is 0 Å². The number of aromatic nitrogens is 2. The average molecular weight is 793 g/mol. The highest BCUT2D eigenvalue weighted by molar-refractivity contribution is 7.21. The van der Waals surface area contributed by atoms with Crippen molar-refractivity contribution in [3.63, 3.8) is 0 Å². The van der Waals surface area contributed by atoms with Crippen molar-refractivity contribution >= 4 is 54.3 Å². The summed E-state index contributed by atoms with van der Waals surface area (Å²) >= 11 is 1.62. The molecule has 5 heteroatoms. The van der Waals surface area contributed by atoms with Gasteiger partial charge in [0.15, 0.2) is 0 Å². The lowest BCUT2D eigenvalue weighted by atomic mass is 9.79. The molecule has 0 radical (unpaired) electrons. The first-order valence-corrected chi connectivity index (χ1v) is 21.7. The van der Waals surface area contributed by atoms with Crippen LogP contribution >= 0.6 is 11.3 Å². The minimum absolute atomic E-state index is 0.111. The maximum absolute atomic E-state index is 11.9. The zero-order valence-corrected chi connectivity index (χ0v) is 36.6. The number of fused-ring (bicyclic) bond motifs is 6. The lowest BCUT2D eigenvalue weighted by Gasteiger charge is -2.27. The highest BCUT2D eigenvalue weighted by Crippen LogP contribution is 2.48. The van der Waals surface area contributed by atoms with Crippen LogP contribution in [0.2, 0.25) is 0 Å². The van der Waals surface area contributed by atoms with Crippen molar-refractivity contribution in [2.24, 2.45) is 0 Å². The van der Waals surface area contributed by atoms with E-state index < -0.39 is 0 Å². The lowest BCUT2D eigenvalue weighted by molar-refractivity contribution is 0.446. The zero-order valence-electron chi connectivity index (χ0n) is 35.8. The van der Waals surface area contributed by atoms with E-state index in [-0.39, 0.29) is 10.8 Å². The Bertz CT molecular complexity index is 3070. The Morgan fingerprint density at radius 3 is 2.05 bits per heavy atom. The van der Waals surface area contributed by atoms with Crippen molar-refractivity contribution in [2.45, 2.75) is 91.9 Å². The molecule has 0 amide bonds. The molecule has 0 spiro atoms. The quantitative estimate of drug-likeness (QED) is 0.182. The molecule has 0 unspecified atom stereocenters. The van der Waals surface area contributed by atoms with Gasteiger partial charge in [0, 0.05) is 44.6 Å². The molecule has 0 fully saturated rings. The standard InChI is InChI=1S/C54H52N2O2S/c1-30(2)36-17-13-18-37(31(3)4)47(36)33-23-24-55-45(27-33)34-25-41(51-42(26-34)40-22-21-32-15-11-12-16-38(32)50(40)58-51)39-19-14-20-46-48(39)56-52(59-46)43-28-35(53(5,6)7)29-44(49(43)57)54(8,9)10/h11-31,57H,1-10H3. The van der Waals surface area contributed by atoms with Gasteiger partial charge in [-0.2, -0.15) is 0 Å². The Balaban J connectivity index is 1.31. The highest BCUT2D eigenvalue weighted by Gasteiger charge is 2.28. The minimum Gasteiger partial charge on any atom is -0.507 e. The number of para-hydroxylation sites is 1. The smallest absolute Gasteiger partial charge is 0.143 e. The van der Waals surface area contributed by atoms with E-state index in [2.05, 4.69) is 178 Å². The fourth-order valence-electron chi connectivity index (χ4n) is 8.67. The number of phenols is 1. The highest BCUT2D eigenvalue weighted by atomic mass is 32.1. The summed E-state index contributed by atoms with van der Waals surface area (Å²) in [6, 6.07) is 39.1. The fraction of sp³-hybridized carbons (Fsp3) is 0.259. The number of benzene rings is 6. The van der Waals surface area contributed by atoms with Gasteiger partial charge in [-0.1, -0.05) is 136 Å². The summed E-state index contributed by atoms with van der Waals surface area (Å²) in [6.07, 6.45) is 1.95. The normalized spacial score (nSPS) is 12.6. The van der Waals surface area contributed by atoms with Gasteiger partial charge in [0.05, 0.1) is 21.5 Å². The number of aromatic hydroxyl groups is 1. The van der Waals surface area contributed by atoms with Crippen LogP contribution in [0.25, 0.3) is 87.0 Å². The van der Waals surface area contributed by atoms with E-state index >= 15 is 0 Å². The molecule has 296 valence electrons. The van der Waals surface area contributed by atoms with E-state index in [1.165, 1.54) is 27.8 Å². The summed E-state index contributed by atoms with van der Waals surface area (Å²) < 4.78 is 8.04. The second-order valence-electron chi connectivity index (χ2n) is 18.8. The summed E-state index contributed by atoms with van der Waals surface area (Å²) in [6.45, 7) is 22.2. The molecule has 0 aliphatic carbocycles. The van der Waals surface area contributed by atoms with Gasteiger partial charge in [-0.3, -0.25) is 4.98 Å². The minimum atomic E-state index is -0.252. The van der Waals surface area contributed by atoms with Gasteiger partial charge in [-0.05, 0) is 98.3 Å². The van der Waals surface area contributed by atoms with Crippen LogP contribution < -0.4 is 0 Å². The largest absolute Gasteiger partial charge is 0.507 e. The van der Waals surface area contributed by atoms with E-state index in [0.717, 1.165) is 81.4 Å². The molecule has 9 rings (SSSR count). The van der Waals surface area contributed by atoms with Crippen LogP contribution in [-0.2, 0) is 10.8 Å². The van der Waals surface area contributed by atoms with Crippen molar-refractivity contribution in [2.75, 3.05) is 0 Å². The van der Waals surface area contributed by atoms with E-state index in [1.54, 1.807) is 11.3 Å². The molecule has 0 atom stereocenters. The van der Waals surface area contributed by atoms with Gasteiger partial charge in [0.1, 0.15) is 21.9 Å². The zero-order chi connectivity index (χ0) is 41.5. The number of hydrogen-bond donors (Lipinski definition) is 1. The number of hydrogen-bond acceptors (Lipinski definition) is 5. The molecular formula is C54H52N2O2S. The third kappa shape index (κ3) is 6.70. The van der Waals surface area contributed by atoms with Crippen LogP contribution in [0, 0.1) is 0 Å². The molecule has 59 heavy (non-hydrogen) atoms. The maximum Gasteiger partial charge on any atom is 0.143 e. The van der Waals surface area contributed by atoms with E-state index in [0.29, 0.717) is 17.6 Å². The third-order valence-electron chi connectivity index (χ3n) is 11.9. The van der Waals surface area contributed by atoms with Crippen LogP contribution in [0.4, 0.5) is 0 Å². The summed E-state index contributed by atoms with van der Waals surface area (Å²) in [5.41, 5.74) is 14.1. The molecule has 4 nitrogen and oxygen atoms in total. The van der Waals surface area contributed by atoms with Crippen LogP contribution in [0.1, 0.15) is 103 Å². The van der Waals surface area contributed by atoms with Crippen LogP contribution in [0.15, 0.2) is 120 Å². The van der Waals surface area contributed by atoms with Crippen molar-refractivity contribution in [3.8, 4) is 49.8 Å². The van der Waals surface area contributed by atoms with Crippen molar-refractivity contribution in [1.29, 1.82) is 0 Å². The monoisotopic (exact) mass is 792 g/mol. The number of thiazole rings is 1. The van der Waals surface area contributed by atoms with E-state index in [1.807, 2.05) is 6.20 Å². The van der Waals surface area contributed by atoms with Crippen LogP contribution in [0.3, 0.4) is 0 Å². The second-order valence-corrected chi connectivity index (χ2v) is 19.8. The second kappa shape index (κ2) is 14.2. The molecule has 6 aromatic carbocycles. The van der Waals surface area contributed by atoms with Crippen LogP contribution in [-0.4, -0.2) is 15.1 Å². The number of furan rings is 1. The van der Waals surface area contributed by atoms with Gasteiger partial charge in [0.25, 0.3) is 0 Å². The maximum atomic E-state index is 11.9. The fourth-order valence-corrected chi connectivity index (χ4v) is 9.68. The summed E-state index contributed by atoms with van der Waals surface area (Å²) in [5.74, 6) is 1.04. The molecule has 0 saturated carbocycles. The van der Waals surface area contributed by atoms with Gasteiger partial charge in [-0.25, -0.2) is 4.98 Å². The number of nitrogens with zero attached hydrogens (tertiary/aromatic N) is 2. The topological polar surface area (TPSA) is 59.2 Å². The Morgan fingerprint density at radius 1 is 0.610 bits per heavy atom. The Kier molecular flexibility index (Phi) is 9.32. The first-order valence-electron chi connectivity index (χ1n) is 20.8. The molecule has 0 bridgehead atoms. The number of phenolic OH excluding ortho intramolecular Hbond substituents is 1. The van der Waals surface area contributed by atoms with Crippen molar-refractivity contribution in [3.05, 3.63) is 138 Å². The van der Waals surface area contributed by atoms with Gasteiger partial charge < -0.3 is 9.52 Å². The summed E-state index contributed by atoms with van der Waals surface area (Å²) in [4.78, 5) is 10.4. The molecule has 0 aliphatic heterocycles. The molecule has 3 heterocycles. The predicted molar refractivity (Wildman–Crippen MR) is 251 cm³/mol. The summed E-state index contributed by atoms with van der Waals surface area (Å²) in [7, 11) is 0. The molecule has 9 aromatic rings. The van der Waals surface area contributed by atoms with Gasteiger partial charge in [-0.15, -0.1) is 11.3 Å². The lowest BCUT2D eigenvalue weighted by Crippen LogP contribution is -2.17. The molecule has 0 aliphatic rings. The number of rotatable bonds is 6. The Hall–Kier alpha value is -5.78. The SMILES string of the molecule is CC(C)c1cccc(C(C)C)c1-c1ccnc(-c2cc(-c3cccc4sc(-c5cc(C(C)(C)C)cc(C(C)(C)C)c5O)nc34)c3oc4c5ccccc5ccc4c3c2)c1. The third-order valence-corrected chi connectivity index (χ3v) is 13.0. The van der Waals surface area contributed by atoms with E-state index in [4.69, 9.17) is 14.4 Å². The molecule has 1 N–H and O–H groups in total. The molecule has 0 saturated heterocycles. The first-order chi connectivity index (χ1) is 28.1. The van der Waals surface area contributed by atoms with Crippen molar-refractivity contribution in [1.82, 2.24) is 9.97 Å². The molecular weight excluding hydrogens is 741 g/mol. The van der Waals surface area contributed by atoms with Crippen LogP contribution in [0.5, 0.6) is 5.75 Å². The predicted octanol–water partition coefficient (Wildman–Crippen LogP) is 16.0. The summed E-state index contributed by atoms with van der Waals surface area (Å²) in [5, 5.41) is 17.0. The van der Waals surface area contributed by atoms with Gasteiger partial charge in [0.2, 0.25) is 0 Å². The Labute approximate surface area is 351 Å². The van der Waals surface area contributed by atoms with E-state index in [9.17, 15) is 5.11 Å². The first kappa shape index (κ1) is 38.7.